The summed E-state index contributed by atoms with van der Waals surface area (Å²) in [5.41, 5.74) is 1.20. The highest BCUT2D eigenvalue weighted by molar-refractivity contribution is 7.18. The van der Waals surface area contributed by atoms with Crippen LogP contribution < -0.4 is 10.9 Å². The highest BCUT2D eigenvalue weighted by Gasteiger charge is 2.22. The second kappa shape index (κ2) is 6.78. The lowest BCUT2D eigenvalue weighted by atomic mass is 9.97. The Kier molecular flexibility index (Phi) is 4.50. The Morgan fingerprint density at radius 1 is 1.16 bits per heavy atom. The molecular formula is C18H24N4O2S. The first-order valence-electron chi connectivity index (χ1n) is 9.18. The summed E-state index contributed by atoms with van der Waals surface area (Å²) in [5, 5.41) is 3.88. The molecule has 6 nitrogen and oxygen atoms in total. The van der Waals surface area contributed by atoms with Gasteiger partial charge in [0.25, 0.3) is 5.56 Å². The molecule has 0 aromatic carbocycles. The number of aryl methyl sites for hydroxylation is 2. The van der Waals surface area contributed by atoms with Gasteiger partial charge in [0.15, 0.2) is 0 Å². The summed E-state index contributed by atoms with van der Waals surface area (Å²) in [6, 6.07) is 0. The Balaban J connectivity index is 1.58. The van der Waals surface area contributed by atoms with Gasteiger partial charge in [0, 0.05) is 25.0 Å². The maximum Gasteiger partial charge on any atom is 0.263 e. The van der Waals surface area contributed by atoms with E-state index in [-0.39, 0.29) is 18.0 Å². The Bertz CT molecular complexity index is 864. The van der Waals surface area contributed by atoms with Crippen LogP contribution in [0.4, 0.5) is 5.95 Å². The van der Waals surface area contributed by atoms with E-state index in [0.717, 1.165) is 55.4 Å². The molecule has 134 valence electrons. The van der Waals surface area contributed by atoms with E-state index in [1.807, 2.05) is 4.90 Å². The van der Waals surface area contributed by atoms with Crippen LogP contribution in [0.3, 0.4) is 0 Å². The van der Waals surface area contributed by atoms with Crippen LogP contribution in [0.1, 0.15) is 42.5 Å². The van der Waals surface area contributed by atoms with E-state index in [4.69, 9.17) is 0 Å². The molecule has 1 amide bonds. The number of carbonyl (C=O) groups is 1. The Labute approximate surface area is 150 Å². The molecule has 0 unspecified atom stereocenters. The van der Waals surface area contributed by atoms with Crippen molar-refractivity contribution >= 4 is 33.4 Å². The van der Waals surface area contributed by atoms with Crippen LogP contribution in [0.2, 0.25) is 0 Å². The zero-order chi connectivity index (χ0) is 17.4. The van der Waals surface area contributed by atoms with Crippen LogP contribution in [0.15, 0.2) is 4.79 Å². The number of amides is 1. The maximum atomic E-state index is 12.8. The van der Waals surface area contributed by atoms with E-state index >= 15 is 0 Å². The van der Waals surface area contributed by atoms with Crippen molar-refractivity contribution in [1.82, 2.24) is 14.5 Å². The molecule has 25 heavy (non-hydrogen) atoms. The molecule has 0 saturated carbocycles. The molecule has 0 atom stereocenters. The second-order valence-electron chi connectivity index (χ2n) is 6.99. The number of nitrogens with zero attached hydrogens (tertiary/aromatic N) is 3. The number of fused-ring (bicyclic) bond motifs is 3. The largest absolute Gasteiger partial charge is 0.346 e. The minimum Gasteiger partial charge on any atom is -0.346 e. The van der Waals surface area contributed by atoms with E-state index in [1.165, 1.54) is 23.3 Å². The maximum absolute atomic E-state index is 12.8. The van der Waals surface area contributed by atoms with Crippen molar-refractivity contribution in [1.29, 1.82) is 0 Å². The van der Waals surface area contributed by atoms with E-state index in [9.17, 15) is 9.59 Å². The highest BCUT2D eigenvalue weighted by atomic mass is 32.1. The number of nitrogens with one attached hydrogen (secondary N) is 1. The van der Waals surface area contributed by atoms with Crippen molar-refractivity contribution < 1.29 is 4.79 Å². The van der Waals surface area contributed by atoms with Crippen LogP contribution in [-0.4, -0.2) is 40.0 Å². The zero-order valence-electron chi connectivity index (χ0n) is 14.6. The fourth-order valence-corrected chi connectivity index (χ4v) is 5.11. The molecule has 2 aromatic rings. The number of aromatic nitrogens is 2. The molecule has 2 aliphatic rings. The molecule has 2 aromatic heterocycles. The molecule has 1 saturated heterocycles. The third-order valence-electron chi connectivity index (χ3n) is 5.30. The number of carbonyl (C=O) groups excluding carboxylic acids is 1. The third kappa shape index (κ3) is 3.05. The number of hydrogen-bond acceptors (Lipinski definition) is 5. The number of piperidine rings is 1. The van der Waals surface area contributed by atoms with Crippen molar-refractivity contribution in [3.8, 4) is 0 Å². The minimum atomic E-state index is -0.00248. The number of rotatable bonds is 3. The summed E-state index contributed by atoms with van der Waals surface area (Å²) in [6.07, 6.45) is 7.72. The number of hydrogen-bond donors (Lipinski definition) is 1. The second-order valence-corrected chi connectivity index (χ2v) is 8.07. The third-order valence-corrected chi connectivity index (χ3v) is 6.49. The van der Waals surface area contributed by atoms with Crippen LogP contribution in [0.5, 0.6) is 0 Å². The topological polar surface area (TPSA) is 67.2 Å². The van der Waals surface area contributed by atoms with Crippen LogP contribution in [-0.2, 0) is 24.7 Å². The lowest BCUT2D eigenvalue weighted by molar-refractivity contribution is -0.130. The molecule has 0 bridgehead atoms. The Morgan fingerprint density at radius 2 is 1.92 bits per heavy atom. The number of likely N-dealkylation sites (tertiary alicyclic amines) is 1. The normalized spacial score (nSPS) is 17.6. The summed E-state index contributed by atoms with van der Waals surface area (Å²) < 4.78 is 1.55. The SMILES string of the molecule is Cn1c(NCC(=O)N2CCCCC2)nc2sc3c(c2c1=O)CCCC3. The van der Waals surface area contributed by atoms with E-state index in [2.05, 4.69) is 10.3 Å². The van der Waals surface area contributed by atoms with Gasteiger partial charge in [0.2, 0.25) is 11.9 Å². The Hall–Kier alpha value is -1.89. The lowest BCUT2D eigenvalue weighted by Crippen LogP contribution is -2.39. The molecule has 1 aliphatic heterocycles. The van der Waals surface area contributed by atoms with Crippen LogP contribution in [0, 0.1) is 0 Å². The zero-order valence-corrected chi connectivity index (χ0v) is 15.5. The van der Waals surface area contributed by atoms with Gasteiger partial charge in [-0.3, -0.25) is 14.2 Å². The molecule has 0 spiro atoms. The van der Waals surface area contributed by atoms with Gasteiger partial charge in [-0.1, -0.05) is 0 Å². The van der Waals surface area contributed by atoms with Gasteiger partial charge < -0.3 is 10.2 Å². The molecule has 3 heterocycles. The summed E-state index contributed by atoms with van der Waals surface area (Å²) in [5.74, 6) is 0.570. The smallest absolute Gasteiger partial charge is 0.263 e. The van der Waals surface area contributed by atoms with Gasteiger partial charge in [0.1, 0.15) is 4.83 Å². The van der Waals surface area contributed by atoms with Crippen molar-refractivity contribution in [2.45, 2.75) is 44.9 Å². The van der Waals surface area contributed by atoms with Crippen molar-refractivity contribution in [3.63, 3.8) is 0 Å². The van der Waals surface area contributed by atoms with Gasteiger partial charge in [-0.25, -0.2) is 4.98 Å². The number of thiophene rings is 1. The molecule has 0 radical (unpaired) electrons. The summed E-state index contributed by atoms with van der Waals surface area (Å²) in [6.45, 7) is 1.87. The molecular weight excluding hydrogens is 336 g/mol. The predicted octanol–water partition coefficient (Wildman–Crippen LogP) is 2.30. The van der Waals surface area contributed by atoms with Gasteiger partial charge in [-0.15, -0.1) is 11.3 Å². The monoisotopic (exact) mass is 360 g/mol. The standard InChI is InChI=1S/C18H24N4O2S/c1-21-17(24)15-12-7-3-4-8-13(12)25-16(15)20-18(21)19-11-14(23)22-9-5-2-6-10-22/h2-11H2,1H3,(H,19,20). The first-order chi connectivity index (χ1) is 12.1. The van der Waals surface area contributed by atoms with E-state index in [0.29, 0.717) is 5.95 Å². The van der Waals surface area contributed by atoms with E-state index < -0.39 is 0 Å². The molecule has 1 aliphatic carbocycles. The van der Waals surface area contributed by atoms with Crippen molar-refractivity contribution in [2.75, 3.05) is 25.0 Å². The molecule has 1 N–H and O–H groups in total. The van der Waals surface area contributed by atoms with Crippen LogP contribution in [0.25, 0.3) is 10.2 Å². The fraction of sp³-hybridized carbons (Fsp3) is 0.611. The Morgan fingerprint density at radius 3 is 2.72 bits per heavy atom. The van der Waals surface area contributed by atoms with E-state index in [1.54, 1.807) is 23.0 Å². The summed E-state index contributed by atoms with van der Waals surface area (Å²) >= 11 is 1.64. The predicted molar refractivity (Wildman–Crippen MR) is 100 cm³/mol. The average Bonchev–Trinajstić information content (AvgIpc) is 3.02. The quantitative estimate of drug-likeness (QED) is 0.912. The highest BCUT2D eigenvalue weighted by Crippen LogP contribution is 2.34. The van der Waals surface area contributed by atoms with Crippen molar-refractivity contribution in [3.05, 3.63) is 20.8 Å². The van der Waals surface area contributed by atoms with Gasteiger partial charge in [-0.2, -0.15) is 0 Å². The van der Waals surface area contributed by atoms with Crippen LogP contribution >= 0.6 is 11.3 Å². The summed E-state index contributed by atoms with van der Waals surface area (Å²) in [4.78, 5) is 33.8. The van der Waals surface area contributed by atoms with Gasteiger partial charge >= 0.3 is 0 Å². The van der Waals surface area contributed by atoms with Gasteiger partial charge in [-0.05, 0) is 50.5 Å². The first-order valence-corrected chi connectivity index (χ1v) is 9.99. The van der Waals surface area contributed by atoms with Gasteiger partial charge in [0.05, 0.1) is 11.9 Å². The molecule has 1 fully saturated rings. The van der Waals surface area contributed by atoms with Crippen molar-refractivity contribution in [2.24, 2.45) is 7.05 Å². The molecule has 7 heteroatoms. The summed E-state index contributed by atoms with van der Waals surface area (Å²) in [7, 11) is 1.73. The first kappa shape index (κ1) is 16.6. The minimum absolute atomic E-state index is 0.00248. The lowest BCUT2D eigenvalue weighted by Gasteiger charge is -2.26. The average molecular weight is 360 g/mol. The molecule has 4 rings (SSSR count). The fourth-order valence-electron chi connectivity index (χ4n) is 3.85. The number of anilines is 1.